The van der Waals surface area contributed by atoms with E-state index in [0.717, 1.165) is 17.0 Å². The zero-order chi connectivity index (χ0) is 17.1. The summed E-state index contributed by atoms with van der Waals surface area (Å²) < 4.78 is 0. The first kappa shape index (κ1) is 16.4. The van der Waals surface area contributed by atoms with Crippen LogP contribution >= 0.6 is 11.6 Å². The third kappa shape index (κ3) is 3.71. The van der Waals surface area contributed by atoms with Crippen LogP contribution in [0.25, 0.3) is 0 Å². The molecule has 2 heterocycles. The Hall–Kier alpha value is -2.47. The summed E-state index contributed by atoms with van der Waals surface area (Å²) in [5.74, 6) is 0.571. The van der Waals surface area contributed by atoms with Gasteiger partial charge in [0.15, 0.2) is 5.82 Å². The minimum Gasteiger partial charge on any atom is -0.334 e. The molecule has 0 atom stereocenters. The predicted molar refractivity (Wildman–Crippen MR) is 94.3 cm³/mol. The molecule has 3 rings (SSSR count). The Balaban J connectivity index is 1.77. The summed E-state index contributed by atoms with van der Waals surface area (Å²) in [5.41, 5.74) is 6.32. The number of halogens is 1. The first-order chi connectivity index (χ1) is 11.5. The van der Waals surface area contributed by atoms with Crippen molar-refractivity contribution in [3.05, 3.63) is 52.2 Å². The predicted octanol–water partition coefficient (Wildman–Crippen LogP) is 3.14. The lowest BCUT2D eigenvalue weighted by Crippen LogP contribution is -2.36. The lowest BCUT2D eigenvalue weighted by atomic mass is 10.1. The maximum Gasteiger partial charge on any atom is 0.254 e. The number of anilines is 1. The van der Waals surface area contributed by atoms with Crippen molar-refractivity contribution < 1.29 is 4.79 Å². The molecule has 24 heavy (non-hydrogen) atoms. The van der Waals surface area contributed by atoms with Crippen molar-refractivity contribution in [3.8, 4) is 0 Å². The highest BCUT2D eigenvalue weighted by Gasteiger charge is 2.23. The van der Waals surface area contributed by atoms with Gasteiger partial charge in [0, 0.05) is 35.8 Å². The first-order valence-corrected chi connectivity index (χ1v) is 8.08. The van der Waals surface area contributed by atoms with Crippen LogP contribution in [0.5, 0.6) is 0 Å². The highest BCUT2D eigenvalue weighted by atomic mass is 35.5. The van der Waals surface area contributed by atoms with Crippen molar-refractivity contribution in [2.45, 2.75) is 26.8 Å². The average Bonchev–Trinajstić information content (AvgIpc) is 2.59. The molecule has 1 N–H and O–H groups in total. The van der Waals surface area contributed by atoms with Gasteiger partial charge in [-0.05, 0) is 49.7 Å². The molecule has 124 valence electrons. The van der Waals surface area contributed by atoms with E-state index in [2.05, 4.69) is 20.7 Å². The van der Waals surface area contributed by atoms with Gasteiger partial charge in [0.2, 0.25) is 0 Å². The highest BCUT2D eigenvalue weighted by molar-refractivity contribution is 6.30. The molecule has 0 radical (unpaired) electrons. The van der Waals surface area contributed by atoms with Gasteiger partial charge in [0.25, 0.3) is 5.91 Å². The fourth-order valence-corrected chi connectivity index (χ4v) is 2.63. The normalized spacial score (nSPS) is 13.2. The molecule has 1 aromatic carbocycles. The number of carbonyl (C=O) groups is 1. The minimum atomic E-state index is -0.00828. The number of hydrogen-bond donors (Lipinski definition) is 1. The molecule has 6 nitrogen and oxygen atoms in total. The quantitative estimate of drug-likeness (QED) is 0.686. The van der Waals surface area contributed by atoms with Gasteiger partial charge in [-0.25, -0.2) is 0 Å². The Morgan fingerprint density at radius 1 is 1.25 bits per heavy atom. The summed E-state index contributed by atoms with van der Waals surface area (Å²) in [6.45, 7) is 4.93. The molecule has 1 aliphatic rings. The van der Waals surface area contributed by atoms with Gasteiger partial charge in [-0.3, -0.25) is 10.2 Å². The van der Waals surface area contributed by atoms with Gasteiger partial charge < -0.3 is 4.90 Å². The fraction of sp³-hybridized carbons (Fsp3) is 0.294. The second kappa shape index (κ2) is 6.97. The summed E-state index contributed by atoms with van der Waals surface area (Å²) in [6, 6.07) is 8.85. The van der Waals surface area contributed by atoms with Gasteiger partial charge in [-0.2, -0.15) is 10.2 Å². The number of hydrogen-bond acceptors (Lipinski definition) is 5. The molecule has 0 saturated heterocycles. The number of rotatable bonds is 3. The summed E-state index contributed by atoms with van der Waals surface area (Å²) in [7, 11) is 0. The summed E-state index contributed by atoms with van der Waals surface area (Å²) >= 11 is 5.88. The van der Waals surface area contributed by atoms with Crippen molar-refractivity contribution in [2.24, 2.45) is 5.10 Å². The van der Waals surface area contributed by atoms with Crippen LogP contribution < -0.4 is 5.43 Å². The fourth-order valence-electron chi connectivity index (χ4n) is 2.50. The molecule has 1 aromatic heterocycles. The van der Waals surface area contributed by atoms with Gasteiger partial charge in [-0.1, -0.05) is 11.6 Å². The van der Waals surface area contributed by atoms with Crippen molar-refractivity contribution >= 4 is 29.0 Å². The molecule has 0 fully saturated rings. The van der Waals surface area contributed by atoms with E-state index in [-0.39, 0.29) is 5.91 Å². The maximum absolute atomic E-state index is 12.6. The number of carbonyl (C=O) groups excluding carboxylic acids is 1. The van der Waals surface area contributed by atoms with Crippen LogP contribution in [0, 0.1) is 0 Å². The standard InChI is InChI=1S/C17H18ClN5O/c1-11(2)19-21-16-9-13-10-23(8-7-15(13)20-22-16)17(24)12-3-5-14(18)6-4-12/h3-6,9H,7-8,10H2,1-2H3,(H,21,22). The third-order valence-electron chi connectivity index (χ3n) is 3.71. The van der Waals surface area contributed by atoms with Crippen LogP contribution in [0.15, 0.2) is 35.4 Å². The van der Waals surface area contributed by atoms with Crippen molar-refractivity contribution in [3.63, 3.8) is 0 Å². The number of aromatic nitrogens is 2. The number of nitrogens with zero attached hydrogens (tertiary/aromatic N) is 4. The highest BCUT2D eigenvalue weighted by Crippen LogP contribution is 2.21. The van der Waals surface area contributed by atoms with E-state index in [4.69, 9.17) is 11.6 Å². The van der Waals surface area contributed by atoms with Crippen LogP contribution in [0.3, 0.4) is 0 Å². The van der Waals surface area contributed by atoms with E-state index in [9.17, 15) is 4.79 Å². The topological polar surface area (TPSA) is 70.5 Å². The van der Waals surface area contributed by atoms with Crippen molar-refractivity contribution in [2.75, 3.05) is 12.0 Å². The van der Waals surface area contributed by atoms with Crippen LogP contribution in [0.2, 0.25) is 5.02 Å². The zero-order valence-corrected chi connectivity index (χ0v) is 14.3. The number of amides is 1. The van der Waals surface area contributed by atoms with E-state index in [1.165, 1.54) is 0 Å². The number of hydrazone groups is 1. The molecule has 0 aliphatic carbocycles. The second-order valence-electron chi connectivity index (χ2n) is 5.86. The van der Waals surface area contributed by atoms with Crippen molar-refractivity contribution in [1.29, 1.82) is 0 Å². The lowest BCUT2D eigenvalue weighted by Gasteiger charge is -2.28. The molecule has 1 aliphatic heterocycles. The zero-order valence-electron chi connectivity index (χ0n) is 13.6. The van der Waals surface area contributed by atoms with Crippen LogP contribution in [0.4, 0.5) is 5.82 Å². The Bertz CT molecular complexity index is 784. The molecular formula is C17H18ClN5O. The minimum absolute atomic E-state index is 0.00828. The van der Waals surface area contributed by atoms with Gasteiger partial charge in [0.1, 0.15) is 0 Å². The van der Waals surface area contributed by atoms with Crippen LogP contribution in [-0.2, 0) is 13.0 Å². The Kier molecular flexibility index (Phi) is 4.76. The second-order valence-corrected chi connectivity index (χ2v) is 6.29. The Labute approximate surface area is 145 Å². The van der Waals surface area contributed by atoms with Crippen molar-refractivity contribution in [1.82, 2.24) is 15.1 Å². The largest absolute Gasteiger partial charge is 0.334 e. The molecule has 0 saturated carbocycles. The monoisotopic (exact) mass is 343 g/mol. The van der Waals surface area contributed by atoms with Gasteiger partial charge in [0.05, 0.1) is 5.69 Å². The van der Waals surface area contributed by atoms with E-state index < -0.39 is 0 Å². The van der Waals surface area contributed by atoms with Crippen LogP contribution in [-0.4, -0.2) is 33.3 Å². The molecule has 0 unspecified atom stereocenters. The van der Waals surface area contributed by atoms with Gasteiger partial charge >= 0.3 is 0 Å². The van der Waals surface area contributed by atoms with E-state index >= 15 is 0 Å². The number of nitrogens with one attached hydrogen (secondary N) is 1. The summed E-state index contributed by atoms with van der Waals surface area (Å²) in [6.07, 6.45) is 0.692. The third-order valence-corrected chi connectivity index (χ3v) is 3.96. The molecule has 0 bridgehead atoms. The first-order valence-electron chi connectivity index (χ1n) is 7.70. The molecular weight excluding hydrogens is 326 g/mol. The molecule has 1 amide bonds. The number of fused-ring (bicyclic) bond motifs is 1. The Morgan fingerprint density at radius 2 is 2.00 bits per heavy atom. The van der Waals surface area contributed by atoms with E-state index in [0.29, 0.717) is 35.9 Å². The molecule has 7 heteroatoms. The maximum atomic E-state index is 12.6. The van der Waals surface area contributed by atoms with Crippen LogP contribution in [0.1, 0.15) is 35.5 Å². The summed E-state index contributed by atoms with van der Waals surface area (Å²) in [5, 5.41) is 13.1. The van der Waals surface area contributed by atoms with Gasteiger partial charge in [-0.15, -0.1) is 5.10 Å². The average molecular weight is 344 g/mol. The SMILES string of the molecule is CC(C)=NNc1cc2c(nn1)CCN(C(=O)c1ccc(Cl)cc1)C2. The summed E-state index contributed by atoms with van der Waals surface area (Å²) in [4.78, 5) is 14.4. The smallest absolute Gasteiger partial charge is 0.254 e. The molecule has 2 aromatic rings. The Morgan fingerprint density at radius 3 is 2.71 bits per heavy atom. The molecule has 0 spiro atoms. The van der Waals surface area contributed by atoms with E-state index in [1.807, 2.05) is 24.8 Å². The number of benzene rings is 1. The lowest BCUT2D eigenvalue weighted by molar-refractivity contribution is 0.0733. The van der Waals surface area contributed by atoms with E-state index in [1.54, 1.807) is 24.3 Å².